The van der Waals surface area contributed by atoms with E-state index in [1.165, 1.54) is 4.90 Å². The summed E-state index contributed by atoms with van der Waals surface area (Å²) in [6, 6.07) is 7.64. The number of nitrogens with zero attached hydrogens (tertiary/aromatic N) is 2. The van der Waals surface area contributed by atoms with E-state index in [-0.39, 0.29) is 24.0 Å². The molecule has 2 rings (SSSR count). The van der Waals surface area contributed by atoms with Gasteiger partial charge < -0.3 is 32.2 Å². The Balaban J connectivity index is 2.06. The molecule has 1 heterocycles. The zero-order chi connectivity index (χ0) is 19.8. The first-order chi connectivity index (χ1) is 12.9. The van der Waals surface area contributed by atoms with Crippen molar-refractivity contribution < 1.29 is 14.3 Å². The van der Waals surface area contributed by atoms with Crippen LogP contribution in [0.15, 0.2) is 35.8 Å². The van der Waals surface area contributed by atoms with Crippen molar-refractivity contribution in [2.45, 2.75) is 13.5 Å². The number of anilines is 1. The third-order valence-corrected chi connectivity index (χ3v) is 4.33. The summed E-state index contributed by atoms with van der Waals surface area (Å²) < 4.78 is 5.37. The first-order valence-corrected chi connectivity index (χ1v) is 8.90. The molecule has 1 aromatic rings. The van der Waals surface area contributed by atoms with Crippen molar-refractivity contribution in [1.82, 2.24) is 9.80 Å². The fourth-order valence-corrected chi connectivity index (χ4v) is 2.97. The normalized spacial score (nSPS) is 14.4. The summed E-state index contributed by atoms with van der Waals surface area (Å²) in [5.41, 5.74) is 18.1. The number of nitrogens with one attached hydrogen (secondary N) is 1. The van der Waals surface area contributed by atoms with E-state index in [0.29, 0.717) is 19.8 Å². The second-order valence-electron chi connectivity index (χ2n) is 6.28. The highest BCUT2D eigenvalue weighted by Crippen LogP contribution is 2.18. The van der Waals surface area contributed by atoms with Crippen LogP contribution in [0.5, 0.6) is 0 Å². The van der Waals surface area contributed by atoms with Crippen LogP contribution in [0.3, 0.4) is 0 Å². The molecule has 1 aliphatic heterocycles. The van der Waals surface area contributed by atoms with E-state index >= 15 is 0 Å². The number of carbonyl (C=O) groups is 2. The number of hydrogen-bond acceptors (Lipinski definition) is 7. The van der Waals surface area contributed by atoms with Crippen molar-refractivity contribution >= 4 is 17.5 Å². The molecule has 1 fully saturated rings. The van der Waals surface area contributed by atoms with E-state index in [1.807, 2.05) is 24.3 Å². The number of para-hydroxylation sites is 1. The highest BCUT2D eigenvalue weighted by atomic mass is 16.5. The molecule has 27 heavy (non-hydrogen) atoms. The summed E-state index contributed by atoms with van der Waals surface area (Å²) in [5.74, 6) is -1.26. The zero-order valence-corrected chi connectivity index (χ0v) is 15.6. The van der Waals surface area contributed by atoms with Gasteiger partial charge in [-0.1, -0.05) is 18.2 Å². The molecule has 148 valence electrons. The van der Waals surface area contributed by atoms with Crippen LogP contribution in [0.1, 0.15) is 12.5 Å². The Morgan fingerprint density at radius 3 is 2.44 bits per heavy atom. The molecule has 1 aliphatic rings. The number of ether oxygens (including phenoxy) is 1. The van der Waals surface area contributed by atoms with Crippen LogP contribution < -0.4 is 22.5 Å². The zero-order valence-electron chi connectivity index (χ0n) is 15.6. The highest BCUT2D eigenvalue weighted by Gasteiger charge is 2.20. The van der Waals surface area contributed by atoms with Gasteiger partial charge >= 0.3 is 0 Å². The Morgan fingerprint density at radius 2 is 1.85 bits per heavy atom. The molecule has 0 spiro atoms. The minimum absolute atomic E-state index is 0.0470. The maximum atomic E-state index is 12.5. The molecule has 0 radical (unpaired) electrons. The number of primary amides is 1. The highest BCUT2D eigenvalue weighted by molar-refractivity contribution is 5.96. The Hall–Kier alpha value is -2.78. The maximum absolute atomic E-state index is 12.5. The van der Waals surface area contributed by atoms with Gasteiger partial charge in [0.25, 0.3) is 5.91 Å². The smallest absolute Gasteiger partial charge is 0.268 e. The molecule has 0 aromatic heterocycles. The van der Waals surface area contributed by atoms with Gasteiger partial charge in [-0.25, -0.2) is 0 Å². The number of nitrogens with two attached hydrogens (primary N) is 3. The lowest BCUT2D eigenvalue weighted by molar-refractivity contribution is -0.118. The fraction of sp³-hybridized carbons (Fsp3) is 0.444. The van der Waals surface area contributed by atoms with E-state index in [2.05, 4.69) is 10.2 Å². The minimum Gasteiger partial charge on any atom is -0.384 e. The summed E-state index contributed by atoms with van der Waals surface area (Å²) in [5, 5.41) is 2.90. The molecule has 0 bridgehead atoms. The standard InChI is InChI=1S/C18H28N6O3/c1-2-24(16(17(19)20)18(21)26)12-15(25)22-14-6-4-3-5-13(14)11-23-7-9-27-10-8-23/h3-6H,2,7-12,19-20H2,1H3,(H2,21,26)(H,22,25). The van der Waals surface area contributed by atoms with Crippen LogP contribution in [0.25, 0.3) is 0 Å². The van der Waals surface area contributed by atoms with E-state index in [4.69, 9.17) is 21.9 Å². The SMILES string of the molecule is CCN(CC(=O)Nc1ccccc1CN1CCOCC1)C(C(N)=O)=C(N)N. The van der Waals surface area contributed by atoms with Gasteiger partial charge in [-0.2, -0.15) is 0 Å². The first-order valence-electron chi connectivity index (χ1n) is 8.90. The Morgan fingerprint density at radius 1 is 1.19 bits per heavy atom. The summed E-state index contributed by atoms with van der Waals surface area (Å²) in [7, 11) is 0. The van der Waals surface area contributed by atoms with Gasteiger partial charge in [-0.05, 0) is 18.6 Å². The number of carbonyl (C=O) groups excluding carboxylic acids is 2. The van der Waals surface area contributed by atoms with E-state index in [9.17, 15) is 9.59 Å². The summed E-state index contributed by atoms with van der Waals surface area (Å²) in [6.07, 6.45) is 0. The summed E-state index contributed by atoms with van der Waals surface area (Å²) in [6.45, 7) is 5.91. The van der Waals surface area contributed by atoms with Crippen LogP contribution >= 0.6 is 0 Å². The van der Waals surface area contributed by atoms with Crippen LogP contribution in [0, 0.1) is 0 Å². The molecule has 2 amide bonds. The minimum atomic E-state index is -0.766. The van der Waals surface area contributed by atoms with Gasteiger partial charge in [-0.15, -0.1) is 0 Å². The van der Waals surface area contributed by atoms with Crippen molar-refractivity contribution in [2.75, 3.05) is 44.7 Å². The lowest BCUT2D eigenvalue weighted by Crippen LogP contribution is -2.40. The quantitative estimate of drug-likeness (QED) is 0.442. The number of benzene rings is 1. The van der Waals surface area contributed by atoms with Crippen molar-refractivity contribution in [3.8, 4) is 0 Å². The molecule has 7 N–H and O–H groups in total. The predicted octanol–water partition coefficient (Wildman–Crippen LogP) is -0.649. The average molecular weight is 376 g/mol. The largest absolute Gasteiger partial charge is 0.384 e. The van der Waals surface area contributed by atoms with Crippen molar-refractivity contribution in [3.63, 3.8) is 0 Å². The molecule has 0 unspecified atom stereocenters. The molecule has 0 saturated carbocycles. The number of rotatable bonds is 8. The molecule has 0 atom stereocenters. The monoisotopic (exact) mass is 376 g/mol. The first kappa shape index (κ1) is 20.5. The lowest BCUT2D eigenvalue weighted by Gasteiger charge is -2.27. The fourth-order valence-electron chi connectivity index (χ4n) is 2.97. The molecule has 1 saturated heterocycles. The van der Waals surface area contributed by atoms with Crippen LogP contribution in [0.4, 0.5) is 5.69 Å². The summed E-state index contributed by atoms with van der Waals surface area (Å²) >= 11 is 0. The molecule has 1 aromatic carbocycles. The average Bonchev–Trinajstić information content (AvgIpc) is 2.63. The second kappa shape index (κ2) is 9.79. The predicted molar refractivity (Wildman–Crippen MR) is 103 cm³/mol. The van der Waals surface area contributed by atoms with Gasteiger partial charge in [-0.3, -0.25) is 14.5 Å². The Bertz CT molecular complexity index is 696. The number of amides is 2. The van der Waals surface area contributed by atoms with Crippen LogP contribution in [-0.4, -0.2) is 61.0 Å². The Kier molecular flexibility index (Phi) is 7.44. The van der Waals surface area contributed by atoms with E-state index in [1.54, 1.807) is 6.92 Å². The summed E-state index contributed by atoms with van der Waals surface area (Å²) in [4.78, 5) is 27.8. The Labute approximate surface area is 159 Å². The number of morpholine rings is 1. The van der Waals surface area contributed by atoms with Crippen LogP contribution in [0.2, 0.25) is 0 Å². The van der Waals surface area contributed by atoms with Crippen LogP contribution in [-0.2, 0) is 20.9 Å². The molecule has 9 heteroatoms. The molecule has 9 nitrogen and oxygen atoms in total. The molecule has 0 aliphatic carbocycles. The number of hydrogen-bond donors (Lipinski definition) is 4. The third kappa shape index (κ3) is 5.87. The van der Waals surface area contributed by atoms with E-state index in [0.717, 1.165) is 30.9 Å². The third-order valence-electron chi connectivity index (χ3n) is 4.33. The molecular weight excluding hydrogens is 348 g/mol. The molecular formula is C18H28N6O3. The maximum Gasteiger partial charge on any atom is 0.268 e. The van der Waals surface area contributed by atoms with Crippen molar-refractivity contribution in [2.24, 2.45) is 17.2 Å². The lowest BCUT2D eigenvalue weighted by atomic mass is 10.1. The topological polar surface area (TPSA) is 140 Å². The van der Waals surface area contributed by atoms with Gasteiger partial charge in [0.2, 0.25) is 5.91 Å². The van der Waals surface area contributed by atoms with Gasteiger partial charge in [0.05, 0.1) is 19.8 Å². The second-order valence-corrected chi connectivity index (χ2v) is 6.28. The van der Waals surface area contributed by atoms with Crippen molar-refractivity contribution in [3.05, 3.63) is 41.3 Å². The van der Waals surface area contributed by atoms with Gasteiger partial charge in [0.15, 0.2) is 0 Å². The van der Waals surface area contributed by atoms with Gasteiger partial charge in [0, 0.05) is 31.9 Å². The van der Waals surface area contributed by atoms with Gasteiger partial charge in [0.1, 0.15) is 11.5 Å². The van der Waals surface area contributed by atoms with E-state index < -0.39 is 5.91 Å². The van der Waals surface area contributed by atoms with Crippen molar-refractivity contribution in [1.29, 1.82) is 0 Å². The number of likely N-dealkylation sites (N-methyl/N-ethyl adjacent to an activating group) is 1.